The minimum atomic E-state index is -4.49. The van der Waals surface area contributed by atoms with E-state index in [0.29, 0.717) is 14.5 Å². The van der Waals surface area contributed by atoms with Gasteiger partial charge in [0.25, 0.3) is 0 Å². The molecule has 50 heavy (non-hydrogen) atoms. The van der Waals surface area contributed by atoms with Crippen LogP contribution >= 0.6 is 0 Å². The SMILES string of the molecule is CCC1[C-]=CC(C(C)(C)C)=C1.Cc1ccc2c(c1)[cH-]c1cc(C)ccc12.FC(F)(F)c1cccc([C](=[Zr+2])c2cccc(C(F)(F)F)c2)c1.[Cl-].[Cl-]. The Balaban J connectivity index is 0.000000270. The van der Waals surface area contributed by atoms with Crippen molar-refractivity contribution in [2.24, 2.45) is 11.3 Å². The van der Waals surface area contributed by atoms with Crippen LogP contribution in [0, 0.1) is 31.3 Å². The average molecular weight is 807 g/mol. The van der Waals surface area contributed by atoms with E-state index in [0.717, 1.165) is 48.5 Å². The topological polar surface area (TPSA) is 0 Å². The van der Waals surface area contributed by atoms with Crippen LogP contribution in [0.5, 0.6) is 0 Å². The second-order valence-corrected chi connectivity index (χ2v) is 14.3. The Morgan fingerprint density at radius 3 is 1.48 bits per heavy atom. The van der Waals surface area contributed by atoms with Crippen LogP contribution in [-0.2, 0) is 36.6 Å². The summed E-state index contributed by atoms with van der Waals surface area (Å²) in [5.41, 5.74) is 3.29. The van der Waals surface area contributed by atoms with Crippen molar-refractivity contribution in [3.05, 3.63) is 148 Å². The first kappa shape index (κ1) is 43.3. The van der Waals surface area contributed by atoms with Gasteiger partial charge in [0.15, 0.2) is 0 Å². The van der Waals surface area contributed by atoms with Crippen molar-refractivity contribution in [2.45, 2.75) is 60.3 Å². The maximum absolute atomic E-state index is 12.7. The second-order valence-electron chi connectivity index (χ2n) is 13.1. The molecule has 0 radical (unpaired) electrons. The first-order valence-electron chi connectivity index (χ1n) is 15.7. The Morgan fingerprint density at radius 1 is 0.700 bits per heavy atom. The van der Waals surface area contributed by atoms with E-state index in [-0.39, 0.29) is 35.9 Å². The van der Waals surface area contributed by atoms with Crippen LogP contribution in [0.25, 0.3) is 21.5 Å². The Labute approximate surface area is 318 Å². The molecular formula is C41H38Cl2F6Zr-2. The Hall–Kier alpha value is -2.86. The fourth-order valence-corrected chi connectivity index (χ4v) is 6.11. The first-order valence-corrected chi connectivity index (χ1v) is 16.9. The van der Waals surface area contributed by atoms with Gasteiger partial charge in [0.05, 0.1) is 0 Å². The Morgan fingerprint density at radius 2 is 1.14 bits per heavy atom. The monoisotopic (exact) mass is 804 g/mol. The third kappa shape index (κ3) is 11.3. The zero-order valence-electron chi connectivity index (χ0n) is 28.6. The number of benzene rings is 4. The van der Waals surface area contributed by atoms with Gasteiger partial charge in [-0.1, -0.05) is 80.8 Å². The zero-order chi connectivity index (χ0) is 35.4. The summed E-state index contributed by atoms with van der Waals surface area (Å²) in [4.78, 5) is 0. The van der Waals surface area contributed by atoms with Crippen LogP contribution < -0.4 is 24.8 Å². The molecule has 264 valence electrons. The van der Waals surface area contributed by atoms with Crippen molar-refractivity contribution in [2.75, 3.05) is 0 Å². The van der Waals surface area contributed by atoms with Crippen LogP contribution in [-0.4, -0.2) is 3.21 Å². The average Bonchev–Trinajstić information content (AvgIpc) is 3.65. The normalized spacial score (nSPS) is 14.1. The van der Waals surface area contributed by atoms with E-state index in [1.54, 1.807) is 0 Å². The molecule has 9 heteroatoms. The standard InChI is InChI=1S/C15H8F6.C15H13.C11H17.2ClH.Zr/c16-14(17,18)12-5-1-3-10(8-12)7-11-4-2-6-13(9-11)15(19,20)21;1-10-3-5-14-12(7-10)9-13-8-11(2)4-6-15(13)14;1-5-9-6-7-10(8-9)11(2,3)4;;;/h1-6,8-9H;3-9H,1-2H3;7-9H,5H2,1-4H3;2*1H;/q;2*-1;;;+2/p-2. The largest absolute Gasteiger partial charge is 1.00 e. The van der Waals surface area contributed by atoms with Gasteiger partial charge in [0.2, 0.25) is 0 Å². The molecule has 0 aliphatic heterocycles. The summed E-state index contributed by atoms with van der Waals surface area (Å²) >= 11 is 0.729. The second kappa shape index (κ2) is 17.6. The minimum absolute atomic E-state index is 0. The molecule has 0 saturated carbocycles. The van der Waals surface area contributed by atoms with Crippen LogP contribution in [0.2, 0.25) is 0 Å². The van der Waals surface area contributed by atoms with Crippen molar-refractivity contribution < 1.29 is 75.4 Å². The van der Waals surface area contributed by atoms with Crippen LogP contribution in [0.1, 0.15) is 67.5 Å². The summed E-state index contributed by atoms with van der Waals surface area (Å²) in [5, 5.41) is 5.46. The predicted octanol–water partition coefficient (Wildman–Crippen LogP) is 6.53. The molecule has 0 N–H and O–H groups in total. The number of halogens is 8. The first-order chi connectivity index (χ1) is 22.4. The van der Waals surface area contributed by atoms with E-state index < -0.39 is 23.5 Å². The Bertz CT molecular complexity index is 1860. The molecule has 0 amide bonds. The van der Waals surface area contributed by atoms with Gasteiger partial charge in [-0.05, 0) is 13.8 Å². The van der Waals surface area contributed by atoms with E-state index >= 15 is 0 Å². The molecule has 5 aromatic carbocycles. The number of hydrogen-bond donors (Lipinski definition) is 0. The van der Waals surface area contributed by atoms with Crippen LogP contribution in [0.15, 0.2) is 109 Å². The van der Waals surface area contributed by atoms with Crippen molar-refractivity contribution in [3.63, 3.8) is 0 Å². The van der Waals surface area contributed by atoms with Crippen molar-refractivity contribution >= 4 is 24.8 Å². The number of aryl methyl sites for hydroxylation is 2. The number of hydrogen-bond acceptors (Lipinski definition) is 0. The maximum Gasteiger partial charge on any atom is -1.00 e. The molecule has 0 saturated heterocycles. The van der Waals surface area contributed by atoms with Gasteiger partial charge in [-0.15, -0.1) is 39.7 Å². The molecule has 0 heterocycles. The van der Waals surface area contributed by atoms with E-state index in [9.17, 15) is 26.3 Å². The van der Waals surface area contributed by atoms with Gasteiger partial charge < -0.3 is 24.8 Å². The van der Waals surface area contributed by atoms with Crippen molar-refractivity contribution in [1.82, 2.24) is 0 Å². The summed E-state index contributed by atoms with van der Waals surface area (Å²) in [6.07, 6.45) is 0.0304. The van der Waals surface area contributed by atoms with Crippen LogP contribution in [0.4, 0.5) is 26.3 Å². The third-order valence-corrected chi connectivity index (χ3v) is 9.53. The molecule has 1 aliphatic rings. The molecule has 1 aliphatic carbocycles. The maximum atomic E-state index is 12.7. The summed E-state index contributed by atoms with van der Waals surface area (Å²) < 4.78 is 76.7. The fraction of sp³-hybridized carbons (Fsp3) is 0.268. The summed E-state index contributed by atoms with van der Waals surface area (Å²) in [7, 11) is 0. The molecule has 1 atom stereocenters. The molecule has 0 bridgehead atoms. The third-order valence-electron chi connectivity index (χ3n) is 8.11. The molecule has 0 fully saturated rings. The predicted molar refractivity (Wildman–Crippen MR) is 182 cm³/mol. The van der Waals surface area contributed by atoms with Gasteiger partial charge in [0.1, 0.15) is 0 Å². The quantitative estimate of drug-likeness (QED) is 0.144. The van der Waals surface area contributed by atoms with E-state index in [4.69, 9.17) is 0 Å². The summed E-state index contributed by atoms with van der Waals surface area (Å²) in [5.74, 6) is 0.573. The van der Waals surface area contributed by atoms with Gasteiger partial charge in [-0.3, -0.25) is 6.08 Å². The van der Waals surface area contributed by atoms with Gasteiger partial charge in [-0.25, -0.2) is 6.08 Å². The number of fused-ring (bicyclic) bond motifs is 3. The number of alkyl halides is 6. The van der Waals surface area contributed by atoms with E-state index in [2.05, 4.69) is 102 Å². The van der Waals surface area contributed by atoms with Crippen molar-refractivity contribution in [1.29, 1.82) is 0 Å². The van der Waals surface area contributed by atoms with E-state index in [1.807, 2.05) is 0 Å². The molecule has 5 aromatic rings. The zero-order valence-corrected chi connectivity index (χ0v) is 32.6. The molecule has 1 unspecified atom stereocenters. The smallest absolute Gasteiger partial charge is 1.00 e. The van der Waals surface area contributed by atoms with E-state index in [1.165, 1.54) is 68.9 Å². The molecular weight excluding hydrogens is 769 g/mol. The molecule has 0 spiro atoms. The van der Waals surface area contributed by atoms with Crippen LogP contribution in [0.3, 0.4) is 0 Å². The molecule has 0 nitrogen and oxygen atoms in total. The number of rotatable bonds is 3. The Kier molecular flexibility index (Phi) is 15.2. The van der Waals surface area contributed by atoms with Crippen molar-refractivity contribution in [3.8, 4) is 0 Å². The fourth-order valence-electron chi connectivity index (χ4n) is 5.34. The summed E-state index contributed by atoms with van der Waals surface area (Å²) in [6, 6.07) is 24.8. The summed E-state index contributed by atoms with van der Waals surface area (Å²) in [6.45, 7) is 13.2. The molecule has 0 aromatic heterocycles. The minimum Gasteiger partial charge on any atom is -1.00 e. The molecule has 6 rings (SSSR count). The van der Waals surface area contributed by atoms with Gasteiger partial charge >= 0.3 is 137 Å². The van der Waals surface area contributed by atoms with Gasteiger partial charge in [-0.2, -0.15) is 11.6 Å². The van der Waals surface area contributed by atoms with Gasteiger partial charge in [0, 0.05) is 0 Å². The number of allylic oxidation sites excluding steroid dienone is 4.